The number of carbonyl (C=O) groups excluding carboxylic acids is 1. The molecule has 0 saturated carbocycles. The van der Waals surface area contributed by atoms with Crippen LogP contribution in [0.3, 0.4) is 0 Å². The topological polar surface area (TPSA) is 35.6 Å². The van der Waals surface area contributed by atoms with Crippen molar-refractivity contribution in [1.29, 1.82) is 0 Å². The molecule has 1 heterocycles. The molecule has 0 atom stereocenters. The first-order chi connectivity index (χ1) is 12.0. The molecule has 6 heteroatoms. The van der Waals surface area contributed by atoms with E-state index in [0.29, 0.717) is 10.7 Å². The van der Waals surface area contributed by atoms with E-state index >= 15 is 0 Å². The molecule has 1 fully saturated rings. The van der Waals surface area contributed by atoms with Gasteiger partial charge < -0.3 is 15.1 Å². The minimum atomic E-state index is 0.0460. The standard InChI is InChI=1S/C19H20ClN3OS/c1-14(24)15-4-2-6-17(12-15)21-19(25)23-10-8-22(9-11-23)18-7-3-5-16(20)13-18/h2-7,12-13H,8-11H2,1H3,(H,21,25). The molecule has 0 amide bonds. The smallest absolute Gasteiger partial charge is 0.173 e. The normalized spacial score (nSPS) is 14.3. The van der Waals surface area contributed by atoms with Gasteiger partial charge in [-0.1, -0.05) is 29.8 Å². The van der Waals surface area contributed by atoms with Crippen LogP contribution in [-0.4, -0.2) is 42.0 Å². The number of carbonyl (C=O) groups is 1. The highest BCUT2D eigenvalue weighted by atomic mass is 35.5. The summed E-state index contributed by atoms with van der Waals surface area (Å²) in [5, 5.41) is 4.67. The summed E-state index contributed by atoms with van der Waals surface area (Å²) in [4.78, 5) is 16.0. The maximum atomic E-state index is 11.5. The molecular weight excluding hydrogens is 354 g/mol. The van der Waals surface area contributed by atoms with Crippen LogP contribution in [0.25, 0.3) is 0 Å². The van der Waals surface area contributed by atoms with Gasteiger partial charge in [0.25, 0.3) is 0 Å². The summed E-state index contributed by atoms with van der Waals surface area (Å²) in [6, 6.07) is 15.3. The highest BCUT2D eigenvalue weighted by Gasteiger charge is 2.19. The van der Waals surface area contributed by atoms with Crippen LogP contribution in [0.1, 0.15) is 17.3 Å². The minimum Gasteiger partial charge on any atom is -0.368 e. The molecule has 130 valence electrons. The summed E-state index contributed by atoms with van der Waals surface area (Å²) < 4.78 is 0. The van der Waals surface area contributed by atoms with E-state index in [0.717, 1.165) is 42.6 Å². The van der Waals surface area contributed by atoms with Crippen molar-refractivity contribution in [2.24, 2.45) is 0 Å². The van der Waals surface area contributed by atoms with Crippen molar-refractivity contribution in [1.82, 2.24) is 4.90 Å². The summed E-state index contributed by atoms with van der Waals surface area (Å²) in [5.74, 6) is 0.0460. The third kappa shape index (κ3) is 4.50. The molecule has 0 bridgehead atoms. The lowest BCUT2D eigenvalue weighted by atomic mass is 10.1. The number of nitrogens with one attached hydrogen (secondary N) is 1. The molecule has 4 nitrogen and oxygen atoms in total. The zero-order valence-corrected chi connectivity index (χ0v) is 15.6. The van der Waals surface area contributed by atoms with E-state index in [2.05, 4.69) is 21.2 Å². The molecule has 0 aliphatic carbocycles. The number of hydrogen-bond donors (Lipinski definition) is 1. The van der Waals surface area contributed by atoms with E-state index in [1.54, 1.807) is 13.0 Å². The molecule has 1 aliphatic rings. The van der Waals surface area contributed by atoms with Crippen LogP contribution in [0.15, 0.2) is 48.5 Å². The molecule has 0 aromatic heterocycles. The average Bonchev–Trinajstić information content (AvgIpc) is 2.62. The van der Waals surface area contributed by atoms with Crippen LogP contribution in [0.5, 0.6) is 0 Å². The number of halogens is 1. The molecule has 1 N–H and O–H groups in total. The molecule has 2 aromatic rings. The Morgan fingerprint density at radius 3 is 2.48 bits per heavy atom. The monoisotopic (exact) mass is 373 g/mol. The highest BCUT2D eigenvalue weighted by molar-refractivity contribution is 7.80. The van der Waals surface area contributed by atoms with Gasteiger partial charge in [0.1, 0.15) is 0 Å². The summed E-state index contributed by atoms with van der Waals surface area (Å²) in [6.07, 6.45) is 0. The van der Waals surface area contributed by atoms with Gasteiger partial charge >= 0.3 is 0 Å². The van der Waals surface area contributed by atoms with Gasteiger partial charge in [0.2, 0.25) is 0 Å². The lowest BCUT2D eigenvalue weighted by molar-refractivity contribution is 0.101. The van der Waals surface area contributed by atoms with E-state index in [1.807, 2.05) is 36.4 Å². The van der Waals surface area contributed by atoms with E-state index in [9.17, 15) is 4.79 Å². The number of Topliss-reactive ketones (excluding diaryl/α,β-unsaturated/α-hetero) is 1. The van der Waals surface area contributed by atoms with Gasteiger partial charge in [-0.2, -0.15) is 0 Å². The number of ketones is 1. The quantitative estimate of drug-likeness (QED) is 0.648. The number of hydrogen-bond acceptors (Lipinski definition) is 3. The second kappa shape index (κ2) is 7.85. The van der Waals surface area contributed by atoms with Gasteiger partial charge in [-0.15, -0.1) is 0 Å². The first-order valence-electron chi connectivity index (χ1n) is 8.20. The van der Waals surface area contributed by atoms with Crippen LogP contribution in [0.4, 0.5) is 11.4 Å². The number of piperazine rings is 1. The third-order valence-electron chi connectivity index (χ3n) is 4.26. The zero-order valence-electron chi connectivity index (χ0n) is 14.0. The van der Waals surface area contributed by atoms with E-state index in [1.165, 1.54) is 0 Å². The number of thiocarbonyl (C=S) groups is 1. The van der Waals surface area contributed by atoms with Gasteiger partial charge in [0.15, 0.2) is 10.9 Å². The molecule has 0 unspecified atom stereocenters. The van der Waals surface area contributed by atoms with E-state index < -0.39 is 0 Å². The molecule has 1 aliphatic heterocycles. The first-order valence-corrected chi connectivity index (χ1v) is 8.99. The fourth-order valence-electron chi connectivity index (χ4n) is 2.86. The minimum absolute atomic E-state index is 0.0460. The fraction of sp³-hybridized carbons (Fsp3) is 0.263. The van der Waals surface area contributed by atoms with Gasteiger partial charge in [-0.25, -0.2) is 0 Å². The largest absolute Gasteiger partial charge is 0.368 e. The number of rotatable bonds is 3. The Bertz CT molecular complexity index is 788. The van der Waals surface area contributed by atoms with Crippen molar-refractivity contribution in [3.05, 3.63) is 59.1 Å². The molecule has 0 radical (unpaired) electrons. The van der Waals surface area contributed by atoms with E-state index in [4.69, 9.17) is 23.8 Å². The lowest BCUT2D eigenvalue weighted by Gasteiger charge is -2.37. The molecule has 2 aromatic carbocycles. The summed E-state index contributed by atoms with van der Waals surface area (Å²) in [5.41, 5.74) is 2.66. The zero-order chi connectivity index (χ0) is 17.8. The molecule has 25 heavy (non-hydrogen) atoms. The van der Waals surface area contributed by atoms with Crippen molar-refractivity contribution < 1.29 is 4.79 Å². The van der Waals surface area contributed by atoms with Crippen LogP contribution < -0.4 is 10.2 Å². The Morgan fingerprint density at radius 2 is 1.80 bits per heavy atom. The maximum absolute atomic E-state index is 11.5. The van der Waals surface area contributed by atoms with Gasteiger partial charge in [0, 0.05) is 48.1 Å². The highest BCUT2D eigenvalue weighted by Crippen LogP contribution is 2.21. The summed E-state index contributed by atoms with van der Waals surface area (Å²) >= 11 is 11.6. The Balaban J connectivity index is 1.58. The SMILES string of the molecule is CC(=O)c1cccc(NC(=S)N2CCN(c3cccc(Cl)c3)CC2)c1. The second-order valence-corrected chi connectivity index (χ2v) is 6.84. The molecule has 1 saturated heterocycles. The Kier molecular flexibility index (Phi) is 5.56. The molecule has 3 rings (SSSR count). The second-order valence-electron chi connectivity index (χ2n) is 6.02. The fourth-order valence-corrected chi connectivity index (χ4v) is 3.34. The average molecular weight is 374 g/mol. The van der Waals surface area contributed by atoms with Crippen molar-refractivity contribution in [3.63, 3.8) is 0 Å². The van der Waals surface area contributed by atoms with Crippen molar-refractivity contribution in [2.75, 3.05) is 36.4 Å². The lowest BCUT2D eigenvalue weighted by Crippen LogP contribution is -2.50. The van der Waals surface area contributed by atoms with Crippen molar-refractivity contribution in [2.45, 2.75) is 6.92 Å². The van der Waals surface area contributed by atoms with Crippen LogP contribution in [-0.2, 0) is 0 Å². The Labute approximate surface area is 158 Å². The van der Waals surface area contributed by atoms with Gasteiger partial charge in [-0.05, 0) is 49.5 Å². The van der Waals surface area contributed by atoms with Crippen molar-refractivity contribution in [3.8, 4) is 0 Å². The van der Waals surface area contributed by atoms with Gasteiger partial charge in [0.05, 0.1) is 0 Å². The third-order valence-corrected chi connectivity index (χ3v) is 4.86. The Morgan fingerprint density at radius 1 is 1.08 bits per heavy atom. The first kappa shape index (κ1) is 17.7. The number of anilines is 2. The van der Waals surface area contributed by atoms with E-state index in [-0.39, 0.29) is 5.78 Å². The predicted octanol–water partition coefficient (Wildman–Crippen LogP) is 4.06. The van der Waals surface area contributed by atoms with Crippen LogP contribution >= 0.6 is 23.8 Å². The maximum Gasteiger partial charge on any atom is 0.173 e. The van der Waals surface area contributed by atoms with Crippen LogP contribution in [0, 0.1) is 0 Å². The molecular formula is C19H20ClN3OS. The number of nitrogens with zero attached hydrogens (tertiary/aromatic N) is 2. The summed E-state index contributed by atoms with van der Waals surface area (Å²) in [7, 11) is 0. The van der Waals surface area contributed by atoms with Crippen molar-refractivity contribution >= 4 is 46.1 Å². The molecule has 0 spiro atoms. The Hall–Kier alpha value is -2.11. The van der Waals surface area contributed by atoms with Gasteiger partial charge in [-0.3, -0.25) is 4.79 Å². The predicted molar refractivity (Wildman–Crippen MR) is 108 cm³/mol. The van der Waals surface area contributed by atoms with Crippen LogP contribution in [0.2, 0.25) is 5.02 Å². The number of benzene rings is 2. The summed E-state index contributed by atoms with van der Waals surface area (Å²) in [6.45, 7) is 5.01.